The molecule has 4 aliphatic carbocycles. The summed E-state index contributed by atoms with van der Waals surface area (Å²) in [7, 11) is 0. The fourth-order valence-corrected chi connectivity index (χ4v) is 8.09. The van der Waals surface area contributed by atoms with Gasteiger partial charge >= 0.3 is 0 Å². The van der Waals surface area contributed by atoms with Gasteiger partial charge in [-0.25, -0.2) is 0 Å². The standard InChI is InChI=1S/C26H38N2O2/c1-3-30-18-24-12-20-13-25(15-24,21-7-5-4-6-8-21)17-26(14-20,16-24)23(29)28-22-9-10-27-19(2)11-22/h4-8,19-20,22,27H,3,9-18H2,1-2H3,(H,28,29)/t19-,20?,22+,24+,25-,26?/m1/s1. The van der Waals surface area contributed by atoms with Crippen LogP contribution in [-0.2, 0) is 14.9 Å². The predicted octanol–water partition coefficient (Wildman–Crippen LogP) is 4.19. The fourth-order valence-electron chi connectivity index (χ4n) is 8.09. The first kappa shape index (κ1) is 20.5. The first-order valence-electron chi connectivity index (χ1n) is 12.1. The molecule has 4 bridgehead atoms. The second kappa shape index (κ2) is 7.63. The summed E-state index contributed by atoms with van der Waals surface area (Å²) < 4.78 is 6.05. The first-order chi connectivity index (χ1) is 14.5. The minimum absolute atomic E-state index is 0.135. The molecule has 0 aromatic heterocycles. The van der Waals surface area contributed by atoms with Crippen molar-refractivity contribution in [3.63, 3.8) is 0 Å². The third-order valence-electron chi connectivity index (χ3n) is 8.62. The van der Waals surface area contributed by atoms with Crippen molar-refractivity contribution in [3.8, 4) is 0 Å². The van der Waals surface area contributed by atoms with Gasteiger partial charge in [0.2, 0.25) is 5.91 Å². The zero-order valence-electron chi connectivity index (χ0n) is 18.7. The number of benzene rings is 1. The molecule has 4 saturated carbocycles. The molecule has 6 rings (SSSR count). The first-order valence-corrected chi connectivity index (χ1v) is 12.1. The molecule has 5 aliphatic rings. The van der Waals surface area contributed by atoms with Crippen molar-refractivity contribution in [1.82, 2.24) is 10.6 Å². The number of rotatable bonds is 6. The van der Waals surface area contributed by atoms with E-state index >= 15 is 0 Å². The molecule has 1 amide bonds. The molecule has 4 nitrogen and oxygen atoms in total. The molecule has 1 heterocycles. The summed E-state index contributed by atoms with van der Waals surface area (Å²) in [4.78, 5) is 13.9. The van der Waals surface area contributed by atoms with E-state index in [1.807, 2.05) is 0 Å². The monoisotopic (exact) mass is 410 g/mol. The Labute approximate surface area is 181 Å². The van der Waals surface area contributed by atoms with Gasteiger partial charge in [-0.15, -0.1) is 0 Å². The second-order valence-electron chi connectivity index (χ2n) is 11.1. The lowest BCUT2D eigenvalue weighted by Gasteiger charge is -2.66. The van der Waals surface area contributed by atoms with E-state index in [4.69, 9.17) is 4.74 Å². The van der Waals surface area contributed by atoms with Gasteiger partial charge in [-0.2, -0.15) is 0 Å². The van der Waals surface area contributed by atoms with Crippen LogP contribution in [0.1, 0.15) is 70.8 Å². The molecule has 4 heteroatoms. The van der Waals surface area contributed by atoms with Crippen LogP contribution in [0.3, 0.4) is 0 Å². The highest BCUT2D eigenvalue weighted by Gasteiger charge is 2.66. The van der Waals surface area contributed by atoms with Gasteiger partial charge in [0.1, 0.15) is 0 Å². The van der Waals surface area contributed by atoms with Crippen LogP contribution in [0.15, 0.2) is 30.3 Å². The topological polar surface area (TPSA) is 50.4 Å². The van der Waals surface area contributed by atoms with Gasteiger partial charge in [-0.1, -0.05) is 30.3 Å². The molecule has 0 radical (unpaired) electrons. The van der Waals surface area contributed by atoms with Gasteiger partial charge in [0.05, 0.1) is 12.0 Å². The van der Waals surface area contributed by atoms with E-state index in [1.165, 1.54) is 24.8 Å². The van der Waals surface area contributed by atoms with Gasteiger partial charge in [-0.3, -0.25) is 4.79 Å². The zero-order valence-corrected chi connectivity index (χ0v) is 18.7. The maximum Gasteiger partial charge on any atom is 0.226 e. The maximum atomic E-state index is 13.9. The summed E-state index contributed by atoms with van der Waals surface area (Å²) in [5.74, 6) is 0.978. The number of nitrogens with one attached hydrogen (secondary N) is 2. The Balaban J connectivity index is 1.46. The molecule has 2 N–H and O–H groups in total. The molecule has 30 heavy (non-hydrogen) atoms. The highest BCUT2D eigenvalue weighted by Crippen LogP contribution is 2.70. The number of carbonyl (C=O) groups is 1. The number of hydrogen-bond donors (Lipinski definition) is 2. The van der Waals surface area contributed by atoms with Gasteiger partial charge in [0, 0.05) is 18.7 Å². The predicted molar refractivity (Wildman–Crippen MR) is 119 cm³/mol. The smallest absolute Gasteiger partial charge is 0.226 e. The lowest BCUT2D eigenvalue weighted by atomic mass is 9.38. The van der Waals surface area contributed by atoms with Crippen molar-refractivity contribution >= 4 is 5.91 Å². The molecule has 0 spiro atoms. The Hall–Kier alpha value is -1.39. The Morgan fingerprint density at radius 1 is 1.17 bits per heavy atom. The van der Waals surface area contributed by atoms with Crippen LogP contribution < -0.4 is 10.6 Å². The van der Waals surface area contributed by atoms with E-state index in [2.05, 4.69) is 54.8 Å². The number of carbonyl (C=O) groups excluding carboxylic acids is 1. The van der Waals surface area contributed by atoms with Crippen LogP contribution in [0.4, 0.5) is 0 Å². The number of hydrogen-bond acceptors (Lipinski definition) is 3. The van der Waals surface area contributed by atoms with Crippen molar-refractivity contribution in [2.45, 2.75) is 82.7 Å². The molecule has 2 unspecified atom stereocenters. The average Bonchev–Trinajstić information content (AvgIpc) is 2.72. The van der Waals surface area contributed by atoms with Crippen molar-refractivity contribution < 1.29 is 9.53 Å². The van der Waals surface area contributed by atoms with E-state index in [0.717, 1.165) is 51.9 Å². The van der Waals surface area contributed by atoms with Gasteiger partial charge in [0.15, 0.2) is 0 Å². The van der Waals surface area contributed by atoms with Crippen molar-refractivity contribution in [2.24, 2.45) is 16.7 Å². The van der Waals surface area contributed by atoms with Crippen LogP contribution in [0, 0.1) is 16.7 Å². The van der Waals surface area contributed by atoms with Crippen LogP contribution in [0.2, 0.25) is 0 Å². The van der Waals surface area contributed by atoms with E-state index in [-0.39, 0.29) is 16.2 Å². The lowest BCUT2D eigenvalue weighted by Crippen LogP contribution is -2.64. The summed E-state index contributed by atoms with van der Waals surface area (Å²) in [5.41, 5.74) is 1.52. The third-order valence-corrected chi connectivity index (χ3v) is 8.62. The average molecular weight is 411 g/mol. The summed E-state index contributed by atoms with van der Waals surface area (Å²) in [5, 5.41) is 7.04. The summed E-state index contributed by atoms with van der Waals surface area (Å²) in [6, 6.07) is 11.9. The quantitative estimate of drug-likeness (QED) is 0.739. The minimum Gasteiger partial charge on any atom is -0.381 e. The van der Waals surface area contributed by atoms with Crippen LogP contribution >= 0.6 is 0 Å². The van der Waals surface area contributed by atoms with Gasteiger partial charge in [-0.05, 0) is 94.1 Å². The molecule has 1 aromatic carbocycles. The normalized spacial score (nSPS) is 42.3. The van der Waals surface area contributed by atoms with E-state index < -0.39 is 0 Å². The summed E-state index contributed by atoms with van der Waals surface area (Å²) in [6.07, 6.45) is 8.84. The molecular formula is C26H38N2O2. The summed E-state index contributed by atoms with van der Waals surface area (Å²) >= 11 is 0. The van der Waals surface area contributed by atoms with Crippen molar-refractivity contribution in [2.75, 3.05) is 19.8 Å². The van der Waals surface area contributed by atoms with Gasteiger partial charge < -0.3 is 15.4 Å². The van der Waals surface area contributed by atoms with Crippen LogP contribution in [-0.4, -0.2) is 37.7 Å². The number of ether oxygens (including phenoxy) is 1. The van der Waals surface area contributed by atoms with Gasteiger partial charge in [0.25, 0.3) is 0 Å². The minimum atomic E-state index is -0.222. The zero-order chi connectivity index (χ0) is 20.8. The third kappa shape index (κ3) is 3.50. The Morgan fingerprint density at radius 2 is 2.00 bits per heavy atom. The molecule has 6 atom stereocenters. The van der Waals surface area contributed by atoms with E-state index in [9.17, 15) is 4.79 Å². The number of piperidine rings is 1. The summed E-state index contributed by atoms with van der Waals surface area (Å²) in [6.45, 7) is 6.90. The van der Waals surface area contributed by atoms with Crippen molar-refractivity contribution in [1.29, 1.82) is 0 Å². The molecule has 1 aromatic rings. The van der Waals surface area contributed by atoms with Crippen LogP contribution in [0.5, 0.6) is 0 Å². The Bertz CT molecular complexity index is 782. The Kier molecular flexibility index (Phi) is 5.22. The van der Waals surface area contributed by atoms with Crippen LogP contribution in [0.25, 0.3) is 0 Å². The SMILES string of the molecule is CCOC[C@]12CC3CC(C(=O)N[C@H]4CCN[C@H](C)C4)(C1)C[C@@](c1ccccc1)(C3)C2. The second-order valence-corrected chi connectivity index (χ2v) is 11.1. The molecule has 5 fully saturated rings. The largest absolute Gasteiger partial charge is 0.381 e. The van der Waals surface area contributed by atoms with Crippen molar-refractivity contribution in [3.05, 3.63) is 35.9 Å². The maximum absolute atomic E-state index is 13.9. The highest BCUT2D eigenvalue weighted by molar-refractivity contribution is 5.84. The molecule has 164 valence electrons. The fraction of sp³-hybridized carbons (Fsp3) is 0.731. The van der Waals surface area contributed by atoms with E-state index in [0.29, 0.717) is 23.9 Å². The Morgan fingerprint density at radius 3 is 2.77 bits per heavy atom. The number of amides is 1. The molecule has 1 aliphatic heterocycles. The highest BCUT2D eigenvalue weighted by atomic mass is 16.5. The van der Waals surface area contributed by atoms with E-state index in [1.54, 1.807) is 0 Å². The lowest BCUT2D eigenvalue weighted by molar-refractivity contribution is -0.172. The molecular weight excluding hydrogens is 372 g/mol. The molecule has 1 saturated heterocycles.